The van der Waals surface area contributed by atoms with Crippen LogP contribution in [0.25, 0.3) is 0 Å². The van der Waals surface area contributed by atoms with Crippen molar-refractivity contribution in [2.75, 3.05) is 18.1 Å². The molecule has 0 amide bonds. The van der Waals surface area contributed by atoms with Crippen LogP contribution in [0, 0.1) is 13.8 Å². The van der Waals surface area contributed by atoms with E-state index in [2.05, 4.69) is 0 Å². The molecule has 1 atom stereocenters. The fourth-order valence-electron chi connectivity index (χ4n) is 1.59. The molecule has 0 bridgehead atoms. The lowest BCUT2D eigenvalue weighted by molar-refractivity contribution is 0.0956. The van der Waals surface area contributed by atoms with Gasteiger partial charge >= 0.3 is 0 Å². The highest BCUT2D eigenvalue weighted by Gasteiger charge is 2.11. The highest BCUT2D eigenvalue weighted by Crippen LogP contribution is 2.27. The van der Waals surface area contributed by atoms with Crippen LogP contribution < -0.4 is 11.5 Å². The standard InChI is InChI=1S/C11H18N2O2/c1-6-3-8(4-9(15)5-14)11(13)7(2)10(6)12/h3,9,14-15H,4-5,12-13H2,1-2H3. The van der Waals surface area contributed by atoms with Crippen molar-refractivity contribution >= 4 is 11.4 Å². The summed E-state index contributed by atoms with van der Waals surface area (Å²) in [5.74, 6) is 0. The third kappa shape index (κ3) is 2.40. The monoisotopic (exact) mass is 210 g/mol. The minimum Gasteiger partial charge on any atom is -0.398 e. The van der Waals surface area contributed by atoms with Gasteiger partial charge in [-0.05, 0) is 30.5 Å². The van der Waals surface area contributed by atoms with Crippen molar-refractivity contribution < 1.29 is 10.2 Å². The second-order valence-electron chi connectivity index (χ2n) is 3.85. The van der Waals surface area contributed by atoms with Crippen molar-refractivity contribution in [1.29, 1.82) is 0 Å². The average Bonchev–Trinajstić information content (AvgIpc) is 2.22. The Kier molecular flexibility index (Phi) is 3.55. The van der Waals surface area contributed by atoms with Gasteiger partial charge in [-0.3, -0.25) is 0 Å². The number of hydrogen-bond donors (Lipinski definition) is 4. The van der Waals surface area contributed by atoms with Gasteiger partial charge < -0.3 is 21.7 Å². The Morgan fingerprint density at radius 3 is 2.40 bits per heavy atom. The Morgan fingerprint density at radius 2 is 1.87 bits per heavy atom. The molecule has 4 heteroatoms. The summed E-state index contributed by atoms with van der Waals surface area (Å²) in [6.45, 7) is 3.49. The SMILES string of the molecule is Cc1cc(CC(O)CO)c(N)c(C)c1N. The molecule has 15 heavy (non-hydrogen) atoms. The van der Waals surface area contributed by atoms with Crippen LogP contribution in [0.4, 0.5) is 11.4 Å². The van der Waals surface area contributed by atoms with E-state index in [0.29, 0.717) is 17.8 Å². The van der Waals surface area contributed by atoms with Crippen LogP contribution in [0.3, 0.4) is 0 Å². The zero-order chi connectivity index (χ0) is 11.6. The van der Waals surface area contributed by atoms with Gasteiger partial charge in [-0.15, -0.1) is 0 Å². The lowest BCUT2D eigenvalue weighted by Gasteiger charge is -2.15. The quantitative estimate of drug-likeness (QED) is 0.542. The lowest BCUT2D eigenvalue weighted by Crippen LogP contribution is -2.17. The first-order valence-corrected chi connectivity index (χ1v) is 4.90. The number of aliphatic hydroxyl groups excluding tert-OH is 2. The molecule has 6 N–H and O–H groups in total. The highest BCUT2D eigenvalue weighted by molar-refractivity contribution is 5.68. The molecule has 1 unspecified atom stereocenters. The Morgan fingerprint density at radius 1 is 1.27 bits per heavy atom. The maximum absolute atomic E-state index is 9.35. The van der Waals surface area contributed by atoms with E-state index in [1.54, 1.807) is 0 Å². The molecular weight excluding hydrogens is 192 g/mol. The number of benzene rings is 1. The molecule has 0 aliphatic heterocycles. The largest absolute Gasteiger partial charge is 0.398 e. The minimum atomic E-state index is -0.769. The van der Waals surface area contributed by atoms with Crippen LogP contribution in [-0.4, -0.2) is 22.9 Å². The Bertz CT molecular complexity index is 364. The third-order valence-electron chi connectivity index (χ3n) is 2.64. The first-order chi connectivity index (χ1) is 6.97. The molecule has 0 aliphatic rings. The maximum Gasteiger partial charge on any atom is 0.0811 e. The molecule has 1 aromatic carbocycles. The first-order valence-electron chi connectivity index (χ1n) is 4.90. The Hall–Kier alpha value is -1.26. The number of nitrogens with two attached hydrogens (primary N) is 2. The predicted molar refractivity (Wildman–Crippen MR) is 61.5 cm³/mol. The molecule has 0 aromatic heterocycles. The van der Waals surface area contributed by atoms with Gasteiger partial charge in [-0.2, -0.15) is 0 Å². The molecule has 1 rings (SSSR count). The van der Waals surface area contributed by atoms with Gasteiger partial charge in [-0.1, -0.05) is 6.07 Å². The van der Waals surface area contributed by atoms with Crippen LogP contribution in [0.2, 0.25) is 0 Å². The number of nitrogen functional groups attached to an aromatic ring is 2. The fourth-order valence-corrected chi connectivity index (χ4v) is 1.59. The second kappa shape index (κ2) is 4.51. The number of aliphatic hydroxyl groups is 2. The maximum atomic E-state index is 9.35. The number of anilines is 2. The minimum absolute atomic E-state index is 0.262. The molecule has 0 heterocycles. The smallest absolute Gasteiger partial charge is 0.0811 e. The zero-order valence-corrected chi connectivity index (χ0v) is 9.12. The normalized spacial score (nSPS) is 12.8. The van der Waals surface area contributed by atoms with Crippen molar-refractivity contribution in [1.82, 2.24) is 0 Å². The van der Waals surface area contributed by atoms with Gasteiger partial charge in [0.15, 0.2) is 0 Å². The Balaban J connectivity index is 3.09. The molecule has 4 nitrogen and oxygen atoms in total. The first kappa shape index (κ1) is 11.8. The molecule has 0 saturated carbocycles. The molecule has 0 radical (unpaired) electrons. The van der Waals surface area contributed by atoms with Crippen LogP contribution in [0.1, 0.15) is 16.7 Å². The predicted octanol–water partition coefficient (Wildman–Crippen LogP) is 0.364. The fraction of sp³-hybridized carbons (Fsp3) is 0.455. The van der Waals surface area contributed by atoms with Crippen molar-refractivity contribution in [3.8, 4) is 0 Å². The second-order valence-corrected chi connectivity index (χ2v) is 3.85. The Labute approximate surface area is 89.5 Å². The van der Waals surface area contributed by atoms with Gasteiger partial charge in [0.2, 0.25) is 0 Å². The van der Waals surface area contributed by atoms with E-state index in [1.807, 2.05) is 19.9 Å². The number of aryl methyl sites for hydroxylation is 1. The van der Waals surface area contributed by atoms with E-state index in [-0.39, 0.29) is 6.61 Å². The zero-order valence-electron chi connectivity index (χ0n) is 9.12. The van der Waals surface area contributed by atoms with Crippen LogP contribution in [-0.2, 0) is 6.42 Å². The summed E-state index contributed by atoms with van der Waals surface area (Å²) < 4.78 is 0. The summed E-state index contributed by atoms with van der Waals surface area (Å²) in [6, 6.07) is 1.86. The third-order valence-corrected chi connectivity index (χ3v) is 2.64. The van der Waals surface area contributed by atoms with Gasteiger partial charge in [0.1, 0.15) is 0 Å². The van der Waals surface area contributed by atoms with E-state index in [0.717, 1.165) is 16.7 Å². The molecule has 84 valence electrons. The van der Waals surface area contributed by atoms with E-state index in [1.165, 1.54) is 0 Å². The topological polar surface area (TPSA) is 92.5 Å². The van der Waals surface area contributed by atoms with Crippen molar-refractivity contribution in [2.45, 2.75) is 26.4 Å². The molecule has 0 aliphatic carbocycles. The van der Waals surface area contributed by atoms with E-state index in [9.17, 15) is 5.11 Å². The van der Waals surface area contributed by atoms with Crippen LogP contribution >= 0.6 is 0 Å². The van der Waals surface area contributed by atoms with E-state index >= 15 is 0 Å². The highest BCUT2D eigenvalue weighted by atomic mass is 16.3. The number of hydrogen-bond acceptors (Lipinski definition) is 4. The van der Waals surface area contributed by atoms with Crippen LogP contribution in [0.15, 0.2) is 6.07 Å². The average molecular weight is 210 g/mol. The summed E-state index contributed by atoms with van der Waals surface area (Å²) in [5.41, 5.74) is 15.6. The summed E-state index contributed by atoms with van der Waals surface area (Å²) in [5, 5.41) is 18.1. The van der Waals surface area contributed by atoms with Crippen molar-refractivity contribution in [3.63, 3.8) is 0 Å². The van der Waals surface area contributed by atoms with Gasteiger partial charge in [-0.25, -0.2) is 0 Å². The van der Waals surface area contributed by atoms with Gasteiger partial charge in [0.05, 0.1) is 12.7 Å². The van der Waals surface area contributed by atoms with Gasteiger partial charge in [0.25, 0.3) is 0 Å². The molecular formula is C11H18N2O2. The lowest BCUT2D eigenvalue weighted by atomic mass is 9.98. The summed E-state index contributed by atoms with van der Waals surface area (Å²) in [4.78, 5) is 0. The van der Waals surface area contributed by atoms with E-state index in [4.69, 9.17) is 16.6 Å². The molecule has 0 saturated heterocycles. The molecule has 0 spiro atoms. The van der Waals surface area contributed by atoms with Gasteiger partial charge in [0, 0.05) is 17.8 Å². The van der Waals surface area contributed by atoms with E-state index < -0.39 is 6.10 Å². The molecule has 1 aromatic rings. The van der Waals surface area contributed by atoms with Crippen LogP contribution in [0.5, 0.6) is 0 Å². The van der Waals surface area contributed by atoms with Crippen molar-refractivity contribution in [3.05, 3.63) is 22.8 Å². The summed E-state index contributed by atoms with van der Waals surface area (Å²) in [6.07, 6.45) is -0.417. The summed E-state index contributed by atoms with van der Waals surface area (Å²) >= 11 is 0. The summed E-state index contributed by atoms with van der Waals surface area (Å²) in [7, 11) is 0. The molecule has 0 fully saturated rings. The number of rotatable bonds is 3. The van der Waals surface area contributed by atoms with Crippen molar-refractivity contribution in [2.24, 2.45) is 0 Å².